The van der Waals surface area contributed by atoms with Crippen LogP contribution in [0, 0.1) is 5.92 Å². The van der Waals surface area contributed by atoms with E-state index in [2.05, 4.69) is 10.3 Å². The zero-order valence-electron chi connectivity index (χ0n) is 11.9. The standard InChI is InChI=1S/C15H17ClN2O2S/c1-10(2)7-17-15(19)13-9-21-14(18-13)8-20-12-5-3-4-11(16)6-12/h3-6,9-10H,7-8H2,1-2H3,(H,17,19). The molecule has 0 unspecified atom stereocenters. The fourth-order valence-electron chi connectivity index (χ4n) is 1.57. The van der Waals surface area contributed by atoms with E-state index >= 15 is 0 Å². The summed E-state index contributed by atoms with van der Waals surface area (Å²) in [6.07, 6.45) is 0. The van der Waals surface area contributed by atoms with Crippen molar-refractivity contribution in [2.24, 2.45) is 5.92 Å². The number of benzene rings is 1. The molecule has 112 valence electrons. The Hall–Kier alpha value is -1.59. The van der Waals surface area contributed by atoms with E-state index in [1.807, 2.05) is 26.0 Å². The average Bonchev–Trinajstić information content (AvgIpc) is 2.91. The van der Waals surface area contributed by atoms with Crippen molar-refractivity contribution < 1.29 is 9.53 Å². The maximum atomic E-state index is 11.9. The van der Waals surface area contributed by atoms with Gasteiger partial charge in [-0.3, -0.25) is 4.79 Å². The number of aromatic nitrogens is 1. The van der Waals surface area contributed by atoms with Crippen LogP contribution in [0.5, 0.6) is 5.75 Å². The van der Waals surface area contributed by atoms with Crippen LogP contribution in [0.4, 0.5) is 0 Å². The molecule has 0 fully saturated rings. The summed E-state index contributed by atoms with van der Waals surface area (Å²) >= 11 is 7.29. The molecule has 0 atom stereocenters. The molecule has 2 aromatic rings. The van der Waals surface area contributed by atoms with Crippen LogP contribution in [0.1, 0.15) is 29.3 Å². The van der Waals surface area contributed by atoms with Crippen LogP contribution >= 0.6 is 22.9 Å². The van der Waals surface area contributed by atoms with Crippen LogP contribution in [-0.4, -0.2) is 17.4 Å². The molecule has 0 saturated carbocycles. The first-order valence-corrected chi connectivity index (χ1v) is 7.91. The normalized spacial score (nSPS) is 10.7. The zero-order chi connectivity index (χ0) is 15.2. The zero-order valence-corrected chi connectivity index (χ0v) is 13.5. The predicted octanol–water partition coefficient (Wildman–Crippen LogP) is 3.76. The highest BCUT2D eigenvalue weighted by Crippen LogP contribution is 2.19. The highest BCUT2D eigenvalue weighted by Gasteiger charge is 2.11. The first kappa shape index (κ1) is 15.8. The molecule has 4 nitrogen and oxygen atoms in total. The largest absolute Gasteiger partial charge is 0.486 e. The lowest BCUT2D eigenvalue weighted by atomic mass is 10.2. The highest BCUT2D eigenvalue weighted by atomic mass is 35.5. The van der Waals surface area contributed by atoms with E-state index in [1.165, 1.54) is 11.3 Å². The summed E-state index contributed by atoms with van der Waals surface area (Å²) in [6, 6.07) is 7.18. The summed E-state index contributed by atoms with van der Waals surface area (Å²) < 4.78 is 5.60. The van der Waals surface area contributed by atoms with Gasteiger partial charge in [-0.2, -0.15) is 0 Å². The first-order valence-electron chi connectivity index (χ1n) is 6.65. The Kier molecular flexibility index (Phi) is 5.59. The molecule has 1 N–H and O–H groups in total. The quantitative estimate of drug-likeness (QED) is 0.880. The first-order chi connectivity index (χ1) is 10.0. The van der Waals surface area contributed by atoms with Crippen LogP contribution in [0.25, 0.3) is 0 Å². The number of nitrogens with one attached hydrogen (secondary N) is 1. The van der Waals surface area contributed by atoms with Crippen molar-refractivity contribution in [3.8, 4) is 5.75 Å². The minimum Gasteiger partial charge on any atom is -0.486 e. The molecule has 0 spiro atoms. The summed E-state index contributed by atoms with van der Waals surface area (Å²) in [4.78, 5) is 16.1. The van der Waals surface area contributed by atoms with Crippen molar-refractivity contribution in [1.82, 2.24) is 10.3 Å². The van der Waals surface area contributed by atoms with Gasteiger partial charge in [0.15, 0.2) is 0 Å². The maximum absolute atomic E-state index is 11.9. The molecule has 1 amide bonds. The van der Waals surface area contributed by atoms with E-state index in [0.717, 1.165) is 5.01 Å². The second-order valence-electron chi connectivity index (χ2n) is 4.98. The molecular weight excluding hydrogens is 308 g/mol. The van der Waals surface area contributed by atoms with Gasteiger partial charge in [0.2, 0.25) is 0 Å². The number of hydrogen-bond donors (Lipinski definition) is 1. The molecule has 21 heavy (non-hydrogen) atoms. The molecule has 0 aliphatic rings. The third-order valence-corrected chi connectivity index (χ3v) is 3.67. The van der Waals surface area contributed by atoms with Gasteiger partial charge in [0.25, 0.3) is 5.91 Å². The van der Waals surface area contributed by atoms with E-state index in [4.69, 9.17) is 16.3 Å². The van der Waals surface area contributed by atoms with E-state index in [-0.39, 0.29) is 5.91 Å². The van der Waals surface area contributed by atoms with Crippen molar-refractivity contribution in [1.29, 1.82) is 0 Å². The minimum absolute atomic E-state index is 0.144. The summed E-state index contributed by atoms with van der Waals surface area (Å²) in [5, 5.41) is 5.96. The van der Waals surface area contributed by atoms with Gasteiger partial charge in [-0.25, -0.2) is 4.98 Å². The van der Waals surface area contributed by atoms with Crippen molar-refractivity contribution in [3.63, 3.8) is 0 Å². The van der Waals surface area contributed by atoms with Gasteiger partial charge < -0.3 is 10.1 Å². The number of carbonyl (C=O) groups excluding carboxylic acids is 1. The number of nitrogens with zero attached hydrogens (tertiary/aromatic N) is 1. The molecule has 6 heteroatoms. The number of hydrogen-bond acceptors (Lipinski definition) is 4. The van der Waals surface area contributed by atoms with Gasteiger partial charge in [0.1, 0.15) is 23.1 Å². The molecule has 1 aromatic carbocycles. The number of carbonyl (C=O) groups is 1. The van der Waals surface area contributed by atoms with Crippen LogP contribution < -0.4 is 10.1 Å². The molecule has 0 radical (unpaired) electrons. The maximum Gasteiger partial charge on any atom is 0.270 e. The molecule has 0 bridgehead atoms. The number of amides is 1. The van der Waals surface area contributed by atoms with Crippen molar-refractivity contribution in [3.05, 3.63) is 45.4 Å². The lowest BCUT2D eigenvalue weighted by Crippen LogP contribution is -2.27. The van der Waals surface area contributed by atoms with E-state index < -0.39 is 0 Å². The Morgan fingerprint density at radius 1 is 1.48 bits per heavy atom. The highest BCUT2D eigenvalue weighted by molar-refractivity contribution is 7.09. The van der Waals surface area contributed by atoms with Gasteiger partial charge in [-0.1, -0.05) is 31.5 Å². The van der Waals surface area contributed by atoms with Crippen LogP contribution in [0.3, 0.4) is 0 Å². The van der Waals surface area contributed by atoms with Crippen LogP contribution in [0.2, 0.25) is 5.02 Å². The lowest BCUT2D eigenvalue weighted by molar-refractivity contribution is 0.0944. The fraction of sp³-hybridized carbons (Fsp3) is 0.333. The second-order valence-corrected chi connectivity index (χ2v) is 6.36. The topological polar surface area (TPSA) is 51.2 Å². The Labute approximate surface area is 133 Å². The summed E-state index contributed by atoms with van der Waals surface area (Å²) in [6.45, 7) is 5.06. The molecular formula is C15H17ClN2O2S. The molecule has 0 aliphatic heterocycles. The molecule has 0 saturated heterocycles. The molecule has 1 aromatic heterocycles. The number of rotatable bonds is 6. The van der Waals surface area contributed by atoms with Crippen molar-refractivity contribution in [2.75, 3.05) is 6.54 Å². The van der Waals surface area contributed by atoms with Gasteiger partial charge in [0, 0.05) is 16.9 Å². The number of halogens is 1. The Balaban J connectivity index is 1.89. The van der Waals surface area contributed by atoms with Crippen molar-refractivity contribution in [2.45, 2.75) is 20.5 Å². The second kappa shape index (κ2) is 7.43. The Bertz CT molecular complexity index is 613. The summed E-state index contributed by atoms with van der Waals surface area (Å²) in [5.74, 6) is 0.954. The van der Waals surface area contributed by atoms with Gasteiger partial charge in [-0.05, 0) is 24.1 Å². The van der Waals surface area contributed by atoms with Crippen LogP contribution in [0.15, 0.2) is 29.6 Å². The average molecular weight is 325 g/mol. The third kappa shape index (κ3) is 5.02. The minimum atomic E-state index is -0.144. The Morgan fingerprint density at radius 3 is 3.00 bits per heavy atom. The number of thiazole rings is 1. The van der Waals surface area contributed by atoms with Crippen molar-refractivity contribution >= 4 is 28.8 Å². The Morgan fingerprint density at radius 2 is 2.29 bits per heavy atom. The van der Waals surface area contributed by atoms with E-state index in [9.17, 15) is 4.79 Å². The number of ether oxygens (including phenoxy) is 1. The third-order valence-electron chi connectivity index (χ3n) is 2.61. The summed E-state index contributed by atoms with van der Waals surface area (Å²) in [7, 11) is 0. The monoisotopic (exact) mass is 324 g/mol. The van der Waals surface area contributed by atoms with E-state index in [0.29, 0.717) is 35.5 Å². The van der Waals surface area contributed by atoms with E-state index in [1.54, 1.807) is 17.5 Å². The summed E-state index contributed by atoms with van der Waals surface area (Å²) in [5.41, 5.74) is 0.436. The van der Waals surface area contributed by atoms with Crippen LogP contribution in [-0.2, 0) is 6.61 Å². The SMILES string of the molecule is CC(C)CNC(=O)c1csc(COc2cccc(Cl)c2)n1. The smallest absolute Gasteiger partial charge is 0.270 e. The lowest BCUT2D eigenvalue weighted by Gasteiger charge is -2.05. The van der Waals surface area contributed by atoms with Gasteiger partial charge >= 0.3 is 0 Å². The molecule has 1 heterocycles. The molecule has 2 rings (SSSR count). The molecule has 0 aliphatic carbocycles. The van der Waals surface area contributed by atoms with Gasteiger partial charge in [-0.15, -0.1) is 11.3 Å². The van der Waals surface area contributed by atoms with Gasteiger partial charge in [0.05, 0.1) is 0 Å². The fourth-order valence-corrected chi connectivity index (χ4v) is 2.44. The predicted molar refractivity (Wildman–Crippen MR) is 85.1 cm³/mol.